The van der Waals surface area contributed by atoms with Gasteiger partial charge in [0.1, 0.15) is 5.75 Å². The van der Waals surface area contributed by atoms with Crippen molar-refractivity contribution in [2.45, 2.75) is 51.0 Å². The van der Waals surface area contributed by atoms with E-state index in [-0.39, 0.29) is 22.8 Å². The van der Waals surface area contributed by atoms with Crippen molar-refractivity contribution in [3.05, 3.63) is 29.3 Å². The lowest BCUT2D eigenvalue weighted by Crippen LogP contribution is -2.40. The summed E-state index contributed by atoms with van der Waals surface area (Å²) in [6.45, 7) is 2.90. The average Bonchev–Trinajstić information content (AvgIpc) is 3.16. The summed E-state index contributed by atoms with van der Waals surface area (Å²) in [6.07, 6.45) is 8.74. The van der Waals surface area contributed by atoms with Gasteiger partial charge < -0.3 is 20.4 Å². The first kappa shape index (κ1) is 18.7. The summed E-state index contributed by atoms with van der Waals surface area (Å²) in [7, 11) is 0. The number of nitrogens with zero attached hydrogens (tertiary/aromatic N) is 1. The fourth-order valence-electron chi connectivity index (χ4n) is 4.23. The van der Waals surface area contributed by atoms with Crippen molar-refractivity contribution < 1.29 is 19.8 Å². The van der Waals surface area contributed by atoms with Crippen molar-refractivity contribution in [1.29, 1.82) is 0 Å². The van der Waals surface area contributed by atoms with E-state index in [4.69, 9.17) is 5.11 Å². The Kier molecular flexibility index (Phi) is 6.14. The number of carbonyl (C=O) groups is 2. The zero-order chi connectivity index (χ0) is 18.5. The molecular weight excluding hydrogens is 332 g/mol. The number of carbonyl (C=O) groups excluding carboxylic acids is 1. The fraction of sp³-hybridized carbons (Fsp3) is 0.600. The van der Waals surface area contributed by atoms with Crippen molar-refractivity contribution in [3.63, 3.8) is 0 Å². The number of nitrogens with one attached hydrogen (secondary N) is 1. The van der Waals surface area contributed by atoms with Crippen LogP contribution in [-0.4, -0.2) is 52.7 Å². The number of aromatic carboxylic acids is 1. The number of phenols is 1. The minimum absolute atomic E-state index is 0.0885. The van der Waals surface area contributed by atoms with Crippen LogP contribution in [0.15, 0.2) is 18.2 Å². The third-order valence-electron chi connectivity index (χ3n) is 5.76. The Labute approximate surface area is 154 Å². The first-order chi connectivity index (χ1) is 12.5. The van der Waals surface area contributed by atoms with Gasteiger partial charge in [0, 0.05) is 18.2 Å². The van der Waals surface area contributed by atoms with E-state index in [0.717, 1.165) is 31.6 Å². The van der Waals surface area contributed by atoms with Gasteiger partial charge in [-0.05, 0) is 69.3 Å². The Morgan fingerprint density at radius 1 is 1.04 bits per heavy atom. The number of benzene rings is 1. The molecule has 1 amide bonds. The number of hydrogen-bond donors (Lipinski definition) is 3. The number of aromatic hydroxyl groups is 1. The molecular formula is C20H28N2O4. The lowest BCUT2D eigenvalue weighted by atomic mass is 9.92. The molecule has 0 atom stereocenters. The molecule has 1 aliphatic carbocycles. The largest absolute Gasteiger partial charge is 0.508 e. The van der Waals surface area contributed by atoms with Crippen LogP contribution in [0, 0.1) is 5.92 Å². The molecule has 0 bridgehead atoms. The number of hydrogen-bond acceptors (Lipinski definition) is 4. The van der Waals surface area contributed by atoms with Gasteiger partial charge in [-0.3, -0.25) is 4.79 Å². The van der Waals surface area contributed by atoms with Gasteiger partial charge in [-0.1, -0.05) is 12.8 Å². The second-order valence-corrected chi connectivity index (χ2v) is 7.54. The second kappa shape index (κ2) is 8.54. The standard InChI is InChI=1S/C20H28N2O4/c23-18-12-15(11-16(13-18)20(25)26)19(24)21-8-5-14-6-9-22(10-7-14)17-3-1-2-4-17/h11-14,17,23H,1-10H2,(H,21,24)(H,25,26). The molecule has 142 valence electrons. The Morgan fingerprint density at radius 2 is 1.69 bits per heavy atom. The molecule has 1 heterocycles. The molecule has 3 rings (SSSR count). The Bertz CT molecular complexity index is 647. The van der Waals surface area contributed by atoms with Crippen LogP contribution in [0.4, 0.5) is 0 Å². The summed E-state index contributed by atoms with van der Waals surface area (Å²) in [5.74, 6) is -1.09. The fourth-order valence-corrected chi connectivity index (χ4v) is 4.23. The lowest BCUT2D eigenvalue weighted by Gasteiger charge is -2.36. The molecule has 0 radical (unpaired) electrons. The monoisotopic (exact) mass is 360 g/mol. The number of piperidine rings is 1. The molecule has 1 aromatic rings. The number of phenolic OH excluding ortho intramolecular Hbond substituents is 1. The molecule has 1 aromatic carbocycles. The summed E-state index contributed by atoms with van der Waals surface area (Å²) in [6, 6.07) is 4.51. The van der Waals surface area contributed by atoms with E-state index in [1.807, 2.05) is 0 Å². The lowest BCUT2D eigenvalue weighted by molar-refractivity contribution is 0.0696. The molecule has 2 aliphatic rings. The molecule has 1 saturated carbocycles. The minimum atomic E-state index is -1.16. The average molecular weight is 360 g/mol. The van der Waals surface area contributed by atoms with Gasteiger partial charge in [0.15, 0.2) is 0 Å². The van der Waals surface area contributed by atoms with Gasteiger partial charge >= 0.3 is 5.97 Å². The summed E-state index contributed by atoms with van der Waals surface area (Å²) >= 11 is 0. The summed E-state index contributed by atoms with van der Waals surface area (Å²) in [5.41, 5.74) is 0.0906. The zero-order valence-corrected chi connectivity index (χ0v) is 15.1. The highest BCUT2D eigenvalue weighted by Crippen LogP contribution is 2.28. The zero-order valence-electron chi connectivity index (χ0n) is 15.1. The van der Waals surface area contributed by atoms with E-state index in [1.54, 1.807) is 0 Å². The second-order valence-electron chi connectivity index (χ2n) is 7.54. The molecule has 0 aromatic heterocycles. The Morgan fingerprint density at radius 3 is 2.35 bits per heavy atom. The normalized spacial score (nSPS) is 19.5. The van der Waals surface area contributed by atoms with Crippen LogP contribution in [0.1, 0.15) is 65.7 Å². The van der Waals surface area contributed by atoms with Crippen molar-refractivity contribution in [1.82, 2.24) is 10.2 Å². The molecule has 1 aliphatic heterocycles. The van der Waals surface area contributed by atoms with Gasteiger partial charge in [0.2, 0.25) is 0 Å². The maximum Gasteiger partial charge on any atom is 0.335 e. The van der Waals surface area contributed by atoms with E-state index < -0.39 is 5.97 Å². The quantitative estimate of drug-likeness (QED) is 0.726. The van der Waals surface area contributed by atoms with Crippen LogP contribution in [0.3, 0.4) is 0 Å². The number of likely N-dealkylation sites (tertiary alicyclic amines) is 1. The molecule has 6 nitrogen and oxygen atoms in total. The van der Waals surface area contributed by atoms with Gasteiger partial charge in [-0.25, -0.2) is 4.79 Å². The van der Waals surface area contributed by atoms with Crippen LogP contribution >= 0.6 is 0 Å². The molecule has 0 unspecified atom stereocenters. The van der Waals surface area contributed by atoms with Gasteiger partial charge in [-0.2, -0.15) is 0 Å². The van der Waals surface area contributed by atoms with Crippen LogP contribution in [0.5, 0.6) is 5.75 Å². The highest BCUT2D eigenvalue weighted by Gasteiger charge is 2.26. The van der Waals surface area contributed by atoms with Gasteiger partial charge in [0.25, 0.3) is 5.91 Å². The van der Waals surface area contributed by atoms with E-state index in [9.17, 15) is 14.7 Å². The summed E-state index contributed by atoms with van der Waals surface area (Å²) in [5, 5.41) is 21.5. The number of carboxylic acids is 1. The topological polar surface area (TPSA) is 89.9 Å². The Hall–Kier alpha value is -2.08. The van der Waals surface area contributed by atoms with E-state index in [0.29, 0.717) is 12.5 Å². The highest BCUT2D eigenvalue weighted by molar-refractivity contribution is 5.98. The van der Waals surface area contributed by atoms with E-state index >= 15 is 0 Å². The molecule has 0 spiro atoms. The first-order valence-corrected chi connectivity index (χ1v) is 9.62. The maximum absolute atomic E-state index is 12.2. The predicted octanol–water partition coefficient (Wildman–Crippen LogP) is 2.86. The van der Waals surface area contributed by atoms with Crippen LogP contribution in [-0.2, 0) is 0 Å². The summed E-state index contributed by atoms with van der Waals surface area (Å²) in [4.78, 5) is 25.9. The number of carboxylic acid groups (broad SMARTS) is 1. The third-order valence-corrected chi connectivity index (χ3v) is 5.76. The van der Waals surface area contributed by atoms with Crippen molar-refractivity contribution in [2.75, 3.05) is 19.6 Å². The smallest absolute Gasteiger partial charge is 0.335 e. The highest BCUT2D eigenvalue weighted by atomic mass is 16.4. The maximum atomic E-state index is 12.2. The SMILES string of the molecule is O=C(O)c1cc(O)cc(C(=O)NCCC2CCN(C3CCCC3)CC2)c1. The van der Waals surface area contributed by atoms with Crippen LogP contribution in [0.2, 0.25) is 0 Å². The number of amides is 1. The van der Waals surface area contributed by atoms with Crippen molar-refractivity contribution >= 4 is 11.9 Å². The molecule has 1 saturated heterocycles. The van der Waals surface area contributed by atoms with Crippen LogP contribution < -0.4 is 5.32 Å². The molecule has 6 heteroatoms. The molecule has 3 N–H and O–H groups in total. The first-order valence-electron chi connectivity index (χ1n) is 9.62. The number of rotatable bonds is 6. The predicted molar refractivity (Wildman–Crippen MR) is 98.6 cm³/mol. The third kappa shape index (κ3) is 4.75. The molecule has 2 fully saturated rings. The van der Waals surface area contributed by atoms with Crippen LogP contribution in [0.25, 0.3) is 0 Å². The van der Waals surface area contributed by atoms with E-state index in [2.05, 4.69) is 10.2 Å². The Balaban J connectivity index is 1.42. The van der Waals surface area contributed by atoms with Gasteiger partial charge in [-0.15, -0.1) is 0 Å². The molecule has 26 heavy (non-hydrogen) atoms. The van der Waals surface area contributed by atoms with Crippen molar-refractivity contribution in [3.8, 4) is 5.75 Å². The summed E-state index contributed by atoms with van der Waals surface area (Å²) < 4.78 is 0. The van der Waals surface area contributed by atoms with Crippen molar-refractivity contribution in [2.24, 2.45) is 5.92 Å². The van der Waals surface area contributed by atoms with E-state index in [1.165, 1.54) is 50.7 Å². The minimum Gasteiger partial charge on any atom is -0.508 e. The van der Waals surface area contributed by atoms with Gasteiger partial charge in [0.05, 0.1) is 5.56 Å².